The number of imidazole rings is 1. The summed E-state index contributed by atoms with van der Waals surface area (Å²) in [6.45, 7) is 6.03. The van der Waals surface area contributed by atoms with Gasteiger partial charge in [0.1, 0.15) is 11.9 Å². The van der Waals surface area contributed by atoms with Crippen molar-refractivity contribution in [3.05, 3.63) is 103 Å². The summed E-state index contributed by atoms with van der Waals surface area (Å²) in [6.07, 6.45) is 10.4. The van der Waals surface area contributed by atoms with Crippen molar-refractivity contribution in [1.29, 1.82) is 0 Å². The van der Waals surface area contributed by atoms with Crippen LogP contribution in [0.25, 0.3) is 0 Å². The summed E-state index contributed by atoms with van der Waals surface area (Å²) >= 11 is 0. The van der Waals surface area contributed by atoms with Gasteiger partial charge >= 0.3 is 6.09 Å². The Morgan fingerprint density at radius 2 is 1.63 bits per heavy atom. The van der Waals surface area contributed by atoms with Gasteiger partial charge in [0.15, 0.2) is 0 Å². The molecule has 1 N–H and O–H groups in total. The van der Waals surface area contributed by atoms with Gasteiger partial charge in [0.05, 0.1) is 16.1 Å². The van der Waals surface area contributed by atoms with Gasteiger partial charge in [0.2, 0.25) is 9.84 Å². The van der Waals surface area contributed by atoms with Crippen molar-refractivity contribution >= 4 is 28.1 Å². The molecule has 0 bridgehead atoms. The van der Waals surface area contributed by atoms with Crippen molar-refractivity contribution in [1.82, 2.24) is 19.8 Å². The van der Waals surface area contributed by atoms with Crippen molar-refractivity contribution < 1.29 is 27.5 Å². The number of rotatable bonds is 13. The highest BCUT2D eigenvalue weighted by molar-refractivity contribution is 7.91. The van der Waals surface area contributed by atoms with E-state index >= 15 is 0 Å². The fourth-order valence-electron chi connectivity index (χ4n) is 8.99. The van der Waals surface area contributed by atoms with Gasteiger partial charge in [-0.05, 0) is 105 Å². The summed E-state index contributed by atoms with van der Waals surface area (Å²) in [5.74, 6) is 1.43. The molecule has 3 fully saturated rings. The third-order valence-electron chi connectivity index (χ3n) is 11.5. The van der Waals surface area contributed by atoms with Crippen molar-refractivity contribution in [3.63, 3.8) is 0 Å². The minimum absolute atomic E-state index is 0.146. The zero-order valence-electron chi connectivity index (χ0n) is 29.5. The Kier molecular flexibility index (Phi) is 10.7. The first-order chi connectivity index (χ1) is 25.3. The van der Waals surface area contributed by atoms with E-state index in [0.717, 1.165) is 77.1 Å². The monoisotopic (exact) mass is 725 g/mol. The Hall–Kier alpha value is -4.68. The molecule has 1 aliphatic carbocycles. The molecule has 3 aromatic carbocycles. The number of piperidine rings is 1. The van der Waals surface area contributed by atoms with Crippen molar-refractivity contribution in [2.75, 3.05) is 44.7 Å². The number of amides is 1. The number of hydrogen-bond acceptors (Lipinski definition) is 9. The van der Waals surface area contributed by atoms with Gasteiger partial charge in [0.25, 0.3) is 6.47 Å². The standard InChI is InChI=1S/C40H47N5O6S/c1-41-39(47)51-38-9-5-8-37(38)40(27-44-23-20-42-28-44,31-6-3-2-4-7-31)32-18-21-43(22-19-32)24-30-25-45(26-30)33-10-14-35(15-11-33)52(48,49)36-16-12-34(13-17-36)50-29-46/h2-4,6-7,10-17,20,23,28-30,32,37-38H,5,8-9,18-19,21-22,24-27H2,1H3,(H,41,47)/t37-,38-,40?/m0/s1. The lowest BCUT2D eigenvalue weighted by Crippen LogP contribution is -2.55. The van der Waals surface area contributed by atoms with Crippen LogP contribution >= 0.6 is 0 Å². The molecule has 2 aliphatic heterocycles. The number of carbonyl (C=O) groups is 2. The molecule has 1 amide bonds. The minimum atomic E-state index is -3.69. The van der Waals surface area contributed by atoms with E-state index in [4.69, 9.17) is 9.47 Å². The van der Waals surface area contributed by atoms with Crippen LogP contribution in [0.15, 0.2) is 107 Å². The first kappa shape index (κ1) is 35.7. The number of likely N-dealkylation sites (tertiary alicyclic amines) is 1. The quantitative estimate of drug-likeness (QED) is 0.177. The fraction of sp³-hybridized carbons (Fsp3) is 0.425. The molecular weight excluding hydrogens is 679 g/mol. The number of benzene rings is 3. The molecule has 11 nitrogen and oxygen atoms in total. The van der Waals surface area contributed by atoms with Gasteiger partial charge < -0.3 is 29.2 Å². The predicted molar refractivity (Wildman–Crippen MR) is 197 cm³/mol. The SMILES string of the molecule is CNC(=O)O[C@H]1CCC[C@@H]1C(Cn1ccnc1)(c1ccccc1)C1CCN(CC2CN(c3ccc(S(=O)(=O)c4ccc(OC=O)cc4)cc3)C2)CC1. The number of anilines is 1. The first-order valence-electron chi connectivity index (χ1n) is 18.2. The van der Waals surface area contributed by atoms with E-state index in [9.17, 15) is 18.0 Å². The molecule has 12 heteroatoms. The van der Waals surface area contributed by atoms with Crippen molar-refractivity contribution in [3.8, 4) is 5.75 Å². The second-order valence-corrected chi connectivity index (χ2v) is 16.4. The molecule has 0 spiro atoms. The maximum Gasteiger partial charge on any atom is 0.407 e. The Morgan fingerprint density at radius 3 is 2.27 bits per heavy atom. The Balaban J connectivity index is 0.998. The molecule has 0 radical (unpaired) electrons. The van der Waals surface area contributed by atoms with Crippen LogP contribution in [-0.4, -0.2) is 81.3 Å². The lowest BCUT2D eigenvalue weighted by atomic mass is 9.58. The number of aromatic nitrogens is 2. The lowest BCUT2D eigenvalue weighted by Gasteiger charge is -2.51. The summed E-state index contributed by atoms with van der Waals surface area (Å²) in [6, 6.07) is 23.8. The Morgan fingerprint density at radius 1 is 0.942 bits per heavy atom. The molecule has 3 aliphatic rings. The van der Waals surface area contributed by atoms with Crippen molar-refractivity contribution in [2.45, 2.75) is 60.0 Å². The van der Waals surface area contributed by atoms with Crippen LogP contribution in [0, 0.1) is 17.8 Å². The van der Waals surface area contributed by atoms with Gasteiger partial charge in [-0.1, -0.05) is 30.3 Å². The van der Waals surface area contributed by atoms with Crippen LogP contribution in [0.5, 0.6) is 5.75 Å². The topological polar surface area (TPSA) is 123 Å². The summed E-state index contributed by atoms with van der Waals surface area (Å²) in [5, 5.41) is 2.67. The van der Waals surface area contributed by atoms with E-state index in [1.54, 1.807) is 19.2 Å². The molecule has 2 saturated heterocycles. The first-order valence-corrected chi connectivity index (χ1v) is 19.7. The predicted octanol–water partition coefficient (Wildman–Crippen LogP) is 5.56. The number of alkyl carbamates (subject to hydrolysis) is 1. The average molecular weight is 726 g/mol. The lowest BCUT2D eigenvalue weighted by molar-refractivity contribution is -0.120. The van der Waals surface area contributed by atoms with Gasteiger partial charge in [-0.25, -0.2) is 18.2 Å². The maximum atomic E-state index is 13.2. The second-order valence-electron chi connectivity index (χ2n) is 14.4. The highest BCUT2D eigenvalue weighted by Gasteiger charge is 2.53. The van der Waals surface area contributed by atoms with E-state index in [0.29, 0.717) is 24.1 Å². The normalized spacial score (nSPS) is 21.2. The van der Waals surface area contributed by atoms with Gasteiger partial charge in [-0.3, -0.25) is 4.79 Å². The number of nitrogens with zero attached hydrogens (tertiary/aromatic N) is 4. The summed E-state index contributed by atoms with van der Waals surface area (Å²) < 4.78 is 39.4. The second kappa shape index (κ2) is 15.5. The summed E-state index contributed by atoms with van der Waals surface area (Å²) in [4.78, 5) is 32.8. The molecule has 1 saturated carbocycles. The number of nitrogens with one attached hydrogen (secondary N) is 1. The molecular formula is C40H47N5O6S. The minimum Gasteiger partial charge on any atom is -0.446 e. The van der Waals surface area contributed by atoms with Gasteiger partial charge in [-0.15, -0.1) is 0 Å². The molecule has 274 valence electrons. The Labute approximate surface area is 305 Å². The number of ether oxygens (including phenoxy) is 2. The van der Waals surface area contributed by atoms with Crippen LogP contribution in [0.4, 0.5) is 10.5 Å². The van der Waals surface area contributed by atoms with E-state index in [1.165, 1.54) is 29.8 Å². The van der Waals surface area contributed by atoms with E-state index < -0.39 is 9.84 Å². The summed E-state index contributed by atoms with van der Waals surface area (Å²) in [5.41, 5.74) is 2.11. The molecule has 3 atom stereocenters. The van der Waals surface area contributed by atoms with E-state index in [-0.39, 0.29) is 33.3 Å². The largest absolute Gasteiger partial charge is 0.446 e. The molecule has 3 heterocycles. The number of sulfone groups is 1. The summed E-state index contributed by atoms with van der Waals surface area (Å²) in [7, 11) is -2.07. The highest BCUT2D eigenvalue weighted by atomic mass is 32.2. The molecule has 1 unspecified atom stereocenters. The Bertz CT molecular complexity index is 1890. The zero-order valence-corrected chi connectivity index (χ0v) is 30.4. The van der Waals surface area contributed by atoms with Gasteiger partial charge in [-0.2, -0.15) is 0 Å². The molecule has 4 aromatic rings. The van der Waals surface area contributed by atoms with Crippen LogP contribution in [0.3, 0.4) is 0 Å². The number of hydrogen-bond donors (Lipinski definition) is 1. The highest BCUT2D eigenvalue weighted by Crippen LogP contribution is 2.52. The molecule has 1 aromatic heterocycles. The molecule has 7 rings (SSSR count). The fourth-order valence-corrected chi connectivity index (χ4v) is 10.3. The van der Waals surface area contributed by atoms with Crippen LogP contribution in [0.1, 0.15) is 37.7 Å². The third kappa shape index (κ3) is 7.31. The third-order valence-corrected chi connectivity index (χ3v) is 13.3. The van der Waals surface area contributed by atoms with E-state index in [1.807, 2.05) is 24.7 Å². The zero-order chi connectivity index (χ0) is 36.1. The van der Waals surface area contributed by atoms with E-state index in [2.05, 4.69) is 61.2 Å². The molecule has 52 heavy (non-hydrogen) atoms. The maximum absolute atomic E-state index is 13.2. The van der Waals surface area contributed by atoms with Crippen LogP contribution < -0.4 is 15.0 Å². The smallest absolute Gasteiger partial charge is 0.407 e. The van der Waals surface area contributed by atoms with Crippen LogP contribution in [-0.2, 0) is 31.3 Å². The number of carbonyl (C=O) groups excluding carboxylic acids is 2. The van der Waals surface area contributed by atoms with Crippen molar-refractivity contribution in [2.24, 2.45) is 17.8 Å². The van der Waals surface area contributed by atoms with Gasteiger partial charge in [0, 0.05) is 68.6 Å². The van der Waals surface area contributed by atoms with Crippen LogP contribution in [0.2, 0.25) is 0 Å². The average Bonchev–Trinajstić information content (AvgIpc) is 3.85.